The van der Waals surface area contributed by atoms with Crippen molar-refractivity contribution in [2.24, 2.45) is 0 Å². The number of rotatable bonds is 3. The maximum absolute atomic E-state index is 13.8. The van der Waals surface area contributed by atoms with Crippen LogP contribution in [0.4, 0.5) is 0 Å². The van der Waals surface area contributed by atoms with Crippen molar-refractivity contribution in [2.75, 3.05) is 11.5 Å². The van der Waals surface area contributed by atoms with Crippen LogP contribution in [0.3, 0.4) is 0 Å². The Balaban J connectivity index is 1.67. The normalized spacial score (nSPS) is 20.5. The number of hydrogen-bond donors (Lipinski definition) is 1. The van der Waals surface area contributed by atoms with E-state index in [4.69, 9.17) is 16.4 Å². The van der Waals surface area contributed by atoms with Gasteiger partial charge in [-0.05, 0) is 38.8 Å². The molecule has 0 amide bonds. The number of halogens is 1. The van der Waals surface area contributed by atoms with Crippen LogP contribution in [-0.4, -0.2) is 40.2 Å². The van der Waals surface area contributed by atoms with Crippen molar-refractivity contribution in [3.05, 3.63) is 69.8 Å². The third-order valence-corrected chi connectivity index (χ3v) is 8.23. The highest BCUT2D eigenvalue weighted by Gasteiger charge is 2.26. The molecule has 1 aromatic carbocycles. The molecule has 4 aromatic rings. The van der Waals surface area contributed by atoms with Gasteiger partial charge in [0.2, 0.25) is 0 Å². The van der Waals surface area contributed by atoms with E-state index in [1.54, 1.807) is 42.2 Å². The van der Waals surface area contributed by atoms with Crippen molar-refractivity contribution < 1.29 is 4.21 Å². The summed E-state index contributed by atoms with van der Waals surface area (Å²) in [6.45, 7) is 3.65. The highest BCUT2D eigenvalue weighted by atomic mass is 35.5. The van der Waals surface area contributed by atoms with E-state index in [1.165, 1.54) is 0 Å². The fraction of sp³-hybridized carbons (Fsp3) is 0.292. The van der Waals surface area contributed by atoms with E-state index in [1.807, 2.05) is 19.1 Å². The van der Waals surface area contributed by atoms with Crippen LogP contribution in [0.1, 0.15) is 30.4 Å². The minimum atomic E-state index is -2.58. The molecular formula is C24H23ClN6O2S. The van der Waals surface area contributed by atoms with Gasteiger partial charge in [0.05, 0.1) is 17.6 Å². The summed E-state index contributed by atoms with van der Waals surface area (Å²) in [5.41, 5.74) is 3.70. The molecule has 0 aliphatic carbocycles. The summed E-state index contributed by atoms with van der Waals surface area (Å²) in [5.74, 6) is 1.11. The number of hydrogen-bond acceptors (Lipinski definition) is 7. The molecule has 1 aliphatic heterocycles. The summed E-state index contributed by atoms with van der Waals surface area (Å²) in [6.07, 6.45) is 6.04. The minimum absolute atomic E-state index is 0.190. The number of benzene rings is 1. The molecule has 4 heterocycles. The van der Waals surface area contributed by atoms with Gasteiger partial charge in [-0.25, -0.2) is 19.2 Å². The first-order valence-corrected chi connectivity index (χ1v) is 13.2. The molecule has 1 saturated heterocycles. The monoisotopic (exact) mass is 494 g/mol. The Bertz CT molecular complexity index is 1590. The molecule has 0 radical (unpaired) electrons. The molecule has 5 rings (SSSR count). The minimum Gasteiger partial charge on any atom is -0.289 e. The van der Waals surface area contributed by atoms with Crippen LogP contribution in [-0.2, 0) is 9.73 Å². The molecule has 1 aliphatic rings. The van der Waals surface area contributed by atoms with Crippen molar-refractivity contribution in [3.8, 4) is 22.4 Å². The molecule has 1 fully saturated rings. The quantitative estimate of drug-likeness (QED) is 0.446. The SMILES string of the molecule is Cc1cncc(-c2ccc(-c3cc4cnc(C)nc4n(C4CCS(=N)(=O)CC4)c3=O)c(Cl)c2)n1. The zero-order valence-corrected chi connectivity index (χ0v) is 20.4. The lowest BCUT2D eigenvalue weighted by atomic mass is 10.0. The van der Waals surface area contributed by atoms with Crippen molar-refractivity contribution in [1.29, 1.82) is 4.78 Å². The Kier molecular flexibility index (Phi) is 5.69. The zero-order chi connectivity index (χ0) is 24.0. The topological polar surface area (TPSA) is 114 Å². The Morgan fingerprint density at radius 3 is 2.53 bits per heavy atom. The lowest BCUT2D eigenvalue weighted by molar-refractivity contribution is 0.458. The summed E-state index contributed by atoms with van der Waals surface area (Å²) in [4.78, 5) is 31.4. The lowest BCUT2D eigenvalue weighted by Gasteiger charge is -2.27. The van der Waals surface area contributed by atoms with Gasteiger partial charge in [-0.1, -0.05) is 23.7 Å². The molecule has 0 unspecified atom stereocenters. The van der Waals surface area contributed by atoms with Crippen LogP contribution in [0.25, 0.3) is 33.4 Å². The first-order valence-electron chi connectivity index (χ1n) is 10.9. The average molecular weight is 495 g/mol. The first kappa shape index (κ1) is 22.6. The molecule has 3 aromatic heterocycles. The number of fused-ring (bicyclic) bond motifs is 1. The molecule has 0 atom stereocenters. The van der Waals surface area contributed by atoms with Crippen molar-refractivity contribution in [2.45, 2.75) is 32.7 Å². The summed E-state index contributed by atoms with van der Waals surface area (Å²) >= 11 is 6.69. The molecule has 34 heavy (non-hydrogen) atoms. The Hall–Kier alpha value is -3.17. The predicted molar refractivity (Wildman–Crippen MR) is 134 cm³/mol. The van der Waals surface area contributed by atoms with Gasteiger partial charge in [0.15, 0.2) is 0 Å². The van der Waals surface area contributed by atoms with Gasteiger partial charge in [0.25, 0.3) is 5.56 Å². The third kappa shape index (κ3) is 4.21. The second kappa shape index (κ2) is 8.56. The lowest BCUT2D eigenvalue weighted by Crippen LogP contribution is -2.33. The van der Waals surface area contributed by atoms with Gasteiger partial charge in [0.1, 0.15) is 11.5 Å². The molecular weight excluding hydrogens is 472 g/mol. The van der Waals surface area contributed by atoms with Gasteiger partial charge in [-0.2, -0.15) is 0 Å². The van der Waals surface area contributed by atoms with Crippen LogP contribution in [0.2, 0.25) is 5.02 Å². The molecule has 1 N–H and O–H groups in total. The van der Waals surface area contributed by atoms with E-state index in [0.717, 1.165) is 16.6 Å². The van der Waals surface area contributed by atoms with Gasteiger partial charge in [-0.15, -0.1) is 0 Å². The van der Waals surface area contributed by atoms with Crippen LogP contribution in [0.5, 0.6) is 0 Å². The van der Waals surface area contributed by atoms with E-state index in [9.17, 15) is 9.00 Å². The van der Waals surface area contributed by atoms with E-state index in [-0.39, 0.29) is 23.1 Å². The van der Waals surface area contributed by atoms with Crippen LogP contribution in [0, 0.1) is 18.6 Å². The maximum Gasteiger partial charge on any atom is 0.260 e. The van der Waals surface area contributed by atoms with Gasteiger partial charge < -0.3 is 0 Å². The average Bonchev–Trinajstić information content (AvgIpc) is 2.80. The molecule has 0 spiro atoms. The number of aromatic nitrogens is 5. The Morgan fingerprint density at radius 2 is 1.82 bits per heavy atom. The fourth-order valence-corrected chi connectivity index (χ4v) is 6.18. The molecule has 174 valence electrons. The van der Waals surface area contributed by atoms with E-state index < -0.39 is 9.73 Å². The van der Waals surface area contributed by atoms with Crippen molar-refractivity contribution in [1.82, 2.24) is 24.5 Å². The first-order chi connectivity index (χ1) is 16.2. The van der Waals surface area contributed by atoms with Gasteiger partial charge in [-0.3, -0.25) is 19.1 Å². The maximum atomic E-state index is 13.8. The number of nitrogens with zero attached hydrogens (tertiary/aromatic N) is 5. The highest BCUT2D eigenvalue weighted by Crippen LogP contribution is 2.33. The second-order valence-electron chi connectivity index (χ2n) is 8.62. The Labute approximate surface area is 202 Å². The summed E-state index contributed by atoms with van der Waals surface area (Å²) in [7, 11) is -2.58. The highest BCUT2D eigenvalue weighted by molar-refractivity contribution is 7.92. The summed E-state index contributed by atoms with van der Waals surface area (Å²) < 4.78 is 21.8. The van der Waals surface area contributed by atoms with Crippen LogP contribution in [0.15, 0.2) is 47.7 Å². The van der Waals surface area contributed by atoms with Gasteiger partial charge in [0, 0.05) is 66.8 Å². The molecule has 0 saturated carbocycles. The van der Waals surface area contributed by atoms with Crippen LogP contribution < -0.4 is 5.56 Å². The van der Waals surface area contributed by atoms with E-state index in [0.29, 0.717) is 46.2 Å². The van der Waals surface area contributed by atoms with Crippen molar-refractivity contribution >= 4 is 32.4 Å². The van der Waals surface area contributed by atoms with Crippen molar-refractivity contribution in [3.63, 3.8) is 0 Å². The van der Waals surface area contributed by atoms with Crippen LogP contribution >= 0.6 is 11.6 Å². The standard InChI is InChI=1S/C24H23ClN6O2S/c1-14-11-27-13-22(29-14)16-3-4-19(21(25)10-16)20-9-17-12-28-15(2)30-23(17)31(24(20)32)18-5-7-34(26,33)8-6-18/h3-4,9-13,18,26H,5-8H2,1-2H3. The summed E-state index contributed by atoms with van der Waals surface area (Å²) in [6, 6.07) is 7.07. The molecule has 0 bridgehead atoms. The van der Waals surface area contributed by atoms with E-state index in [2.05, 4.69) is 19.9 Å². The number of nitrogens with one attached hydrogen (secondary N) is 1. The molecule has 8 nitrogen and oxygen atoms in total. The second-order valence-corrected chi connectivity index (χ2v) is 11.5. The largest absolute Gasteiger partial charge is 0.289 e. The smallest absolute Gasteiger partial charge is 0.260 e. The zero-order valence-electron chi connectivity index (χ0n) is 18.8. The number of aryl methyl sites for hydroxylation is 2. The predicted octanol–water partition coefficient (Wildman–Crippen LogP) is 4.57. The third-order valence-electron chi connectivity index (χ3n) is 6.13. The summed E-state index contributed by atoms with van der Waals surface area (Å²) in [5, 5.41) is 1.15. The van der Waals surface area contributed by atoms with Gasteiger partial charge >= 0.3 is 0 Å². The number of pyridine rings is 1. The van der Waals surface area contributed by atoms with E-state index >= 15 is 0 Å². The Morgan fingerprint density at radius 1 is 1.06 bits per heavy atom. The fourth-order valence-electron chi connectivity index (χ4n) is 4.39. The molecule has 10 heteroatoms.